The summed E-state index contributed by atoms with van der Waals surface area (Å²) in [5.41, 5.74) is 3.14. The molecule has 2 heterocycles. The lowest BCUT2D eigenvalue weighted by Gasteiger charge is -2.24. The molecule has 1 unspecified atom stereocenters. The van der Waals surface area contributed by atoms with Gasteiger partial charge in [-0.25, -0.2) is 0 Å². The molecule has 1 aliphatic heterocycles. The molecule has 0 saturated carbocycles. The van der Waals surface area contributed by atoms with Crippen LogP contribution in [0.3, 0.4) is 0 Å². The summed E-state index contributed by atoms with van der Waals surface area (Å²) in [5, 5.41) is 11.2. The van der Waals surface area contributed by atoms with Crippen LogP contribution in [0.15, 0.2) is 75.3 Å². The van der Waals surface area contributed by atoms with E-state index in [4.69, 9.17) is 4.42 Å². The van der Waals surface area contributed by atoms with E-state index >= 15 is 0 Å². The first-order valence-electron chi connectivity index (χ1n) is 9.50. The number of ketones is 1. The van der Waals surface area contributed by atoms with Gasteiger partial charge in [0.05, 0.1) is 24.4 Å². The predicted molar refractivity (Wildman–Crippen MR) is 117 cm³/mol. The highest BCUT2D eigenvalue weighted by atomic mass is 79.9. The molecule has 0 spiro atoms. The Hall–Kier alpha value is -3.12. The van der Waals surface area contributed by atoms with Crippen molar-refractivity contribution in [1.29, 1.82) is 0 Å². The van der Waals surface area contributed by atoms with E-state index in [-0.39, 0.29) is 17.9 Å². The Morgan fingerprint density at radius 1 is 1.10 bits per heavy atom. The number of aliphatic hydroxyl groups excluding tert-OH is 1. The van der Waals surface area contributed by atoms with E-state index in [1.54, 1.807) is 12.1 Å². The average molecular weight is 466 g/mol. The SMILES string of the molecule is Cc1ccc(C)c(/C(O)=C2\C(=O)C(=O)N(Cc3ccco3)C2c2ccc(Br)cc2)c1. The molecule has 30 heavy (non-hydrogen) atoms. The Morgan fingerprint density at radius 3 is 2.50 bits per heavy atom. The molecule has 1 aliphatic rings. The number of carbonyl (C=O) groups is 2. The second-order valence-electron chi connectivity index (χ2n) is 7.38. The molecule has 152 valence electrons. The number of amides is 1. The summed E-state index contributed by atoms with van der Waals surface area (Å²) in [6, 6.07) is 15.8. The number of likely N-dealkylation sites (tertiary alicyclic amines) is 1. The second-order valence-corrected chi connectivity index (χ2v) is 8.29. The summed E-state index contributed by atoms with van der Waals surface area (Å²) < 4.78 is 6.28. The van der Waals surface area contributed by atoms with E-state index in [9.17, 15) is 14.7 Å². The minimum absolute atomic E-state index is 0.0857. The lowest BCUT2D eigenvalue weighted by molar-refractivity contribution is -0.140. The number of Topliss-reactive ketones (excluding diaryl/α,β-unsaturated/α-hetero) is 1. The van der Waals surface area contributed by atoms with Crippen LogP contribution in [0.25, 0.3) is 5.76 Å². The molecule has 1 N–H and O–H groups in total. The highest BCUT2D eigenvalue weighted by Crippen LogP contribution is 2.41. The molecule has 1 atom stereocenters. The molecule has 0 radical (unpaired) electrons. The van der Waals surface area contributed by atoms with E-state index in [1.165, 1.54) is 11.2 Å². The van der Waals surface area contributed by atoms with E-state index < -0.39 is 17.7 Å². The molecular weight excluding hydrogens is 446 g/mol. The summed E-state index contributed by atoms with van der Waals surface area (Å²) in [6.45, 7) is 3.90. The summed E-state index contributed by atoms with van der Waals surface area (Å²) in [5.74, 6) is -0.964. The van der Waals surface area contributed by atoms with Crippen LogP contribution in [0, 0.1) is 13.8 Å². The van der Waals surface area contributed by atoms with Crippen molar-refractivity contribution >= 4 is 33.4 Å². The van der Waals surface area contributed by atoms with Gasteiger partial charge in [0, 0.05) is 10.0 Å². The van der Waals surface area contributed by atoms with Crippen LogP contribution >= 0.6 is 15.9 Å². The van der Waals surface area contributed by atoms with Gasteiger partial charge in [-0.2, -0.15) is 0 Å². The van der Waals surface area contributed by atoms with E-state index in [2.05, 4.69) is 15.9 Å². The normalized spacial score (nSPS) is 18.2. The fourth-order valence-corrected chi connectivity index (χ4v) is 4.01. The van der Waals surface area contributed by atoms with Gasteiger partial charge >= 0.3 is 0 Å². The lowest BCUT2D eigenvalue weighted by Crippen LogP contribution is -2.29. The van der Waals surface area contributed by atoms with Crippen LogP contribution in [0.1, 0.15) is 34.1 Å². The zero-order valence-electron chi connectivity index (χ0n) is 16.6. The van der Waals surface area contributed by atoms with E-state index in [0.29, 0.717) is 11.3 Å². The van der Waals surface area contributed by atoms with Crippen LogP contribution in [-0.2, 0) is 16.1 Å². The van der Waals surface area contributed by atoms with Crippen LogP contribution in [0.4, 0.5) is 0 Å². The quantitative estimate of drug-likeness (QED) is 0.323. The van der Waals surface area contributed by atoms with Crippen molar-refractivity contribution in [3.8, 4) is 0 Å². The third-order valence-corrected chi connectivity index (χ3v) is 5.81. The number of nitrogens with zero attached hydrogens (tertiary/aromatic N) is 1. The van der Waals surface area contributed by atoms with Gasteiger partial charge in [-0.1, -0.05) is 45.8 Å². The zero-order valence-corrected chi connectivity index (χ0v) is 18.1. The van der Waals surface area contributed by atoms with Crippen molar-refractivity contribution in [3.63, 3.8) is 0 Å². The Labute approximate surface area is 182 Å². The van der Waals surface area contributed by atoms with Crippen LogP contribution in [-0.4, -0.2) is 21.7 Å². The highest BCUT2D eigenvalue weighted by molar-refractivity contribution is 9.10. The fourth-order valence-electron chi connectivity index (χ4n) is 3.74. The maximum absolute atomic E-state index is 13.1. The number of hydrogen-bond donors (Lipinski definition) is 1. The number of carbonyl (C=O) groups excluding carboxylic acids is 2. The van der Waals surface area contributed by atoms with Crippen molar-refractivity contribution in [3.05, 3.63) is 98.9 Å². The van der Waals surface area contributed by atoms with Crippen molar-refractivity contribution in [1.82, 2.24) is 4.90 Å². The first-order chi connectivity index (χ1) is 14.4. The lowest BCUT2D eigenvalue weighted by atomic mass is 9.93. The molecule has 3 aromatic rings. The number of hydrogen-bond acceptors (Lipinski definition) is 4. The van der Waals surface area contributed by atoms with Gasteiger partial charge in [0.2, 0.25) is 0 Å². The first-order valence-corrected chi connectivity index (χ1v) is 10.3. The van der Waals surface area contributed by atoms with E-state index in [0.717, 1.165) is 21.2 Å². The van der Waals surface area contributed by atoms with Crippen molar-refractivity contribution in [2.24, 2.45) is 0 Å². The maximum atomic E-state index is 13.1. The number of benzene rings is 2. The number of aryl methyl sites for hydroxylation is 2. The van der Waals surface area contributed by atoms with Gasteiger partial charge in [-0.15, -0.1) is 0 Å². The monoisotopic (exact) mass is 465 g/mol. The predicted octanol–water partition coefficient (Wildman–Crippen LogP) is 5.28. The largest absolute Gasteiger partial charge is 0.507 e. The first kappa shape index (κ1) is 20.2. The van der Waals surface area contributed by atoms with Crippen LogP contribution < -0.4 is 0 Å². The Balaban J connectivity index is 1.90. The van der Waals surface area contributed by atoms with Gasteiger partial charge < -0.3 is 14.4 Å². The van der Waals surface area contributed by atoms with E-state index in [1.807, 2.05) is 56.3 Å². The number of furan rings is 1. The van der Waals surface area contributed by atoms with Crippen molar-refractivity contribution in [2.75, 3.05) is 0 Å². The molecule has 5 nitrogen and oxygen atoms in total. The Bertz CT molecular complexity index is 1150. The summed E-state index contributed by atoms with van der Waals surface area (Å²) in [4.78, 5) is 27.5. The van der Waals surface area contributed by atoms with Crippen molar-refractivity contribution < 1.29 is 19.1 Å². The number of aliphatic hydroxyl groups is 1. The number of rotatable bonds is 4. The summed E-state index contributed by atoms with van der Waals surface area (Å²) in [6.07, 6.45) is 1.52. The van der Waals surface area contributed by atoms with Crippen LogP contribution in [0.5, 0.6) is 0 Å². The second kappa shape index (κ2) is 7.95. The minimum Gasteiger partial charge on any atom is -0.507 e. The molecule has 1 saturated heterocycles. The topological polar surface area (TPSA) is 70.8 Å². The summed E-state index contributed by atoms with van der Waals surface area (Å²) in [7, 11) is 0. The molecule has 2 aromatic carbocycles. The molecule has 4 rings (SSSR count). The minimum atomic E-state index is -0.719. The molecule has 1 aromatic heterocycles. The molecule has 1 amide bonds. The highest BCUT2D eigenvalue weighted by Gasteiger charge is 2.46. The van der Waals surface area contributed by atoms with Gasteiger partial charge in [0.25, 0.3) is 11.7 Å². The average Bonchev–Trinajstić information content (AvgIpc) is 3.32. The molecule has 0 bridgehead atoms. The number of halogens is 1. The molecular formula is C24H20BrNO4. The fraction of sp³-hybridized carbons (Fsp3) is 0.167. The van der Waals surface area contributed by atoms with Crippen molar-refractivity contribution in [2.45, 2.75) is 26.4 Å². The van der Waals surface area contributed by atoms with Gasteiger partial charge in [0.1, 0.15) is 11.5 Å². The Morgan fingerprint density at radius 2 is 1.83 bits per heavy atom. The summed E-state index contributed by atoms with van der Waals surface area (Å²) >= 11 is 3.42. The van der Waals surface area contributed by atoms with Crippen LogP contribution in [0.2, 0.25) is 0 Å². The molecule has 6 heteroatoms. The maximum Gasteiger partial charge on any atom is 0.296 e. The standard InChI is InChI=1S/C24H20BrNO4/c1-14-5-6-15(2)19(12-14)22(27)20-21(16-7-9-17(25)10-8-16)26(24(29)23(20)28)13-18-4-3-11-30-18/h3-12,21,27H,13H2,1-2H3/b22-20+. The zero-order chi connectivity index (χ0) is 21.4. The van der Waals surface area contributed by atoms with Gasteiger partial charge in [0.15, 0.2) is 0 Å². The smallest absolute Gasteiger partial charge is 0.296 e. The molecule has 1 fully saturated rings. The van der Waals surface area contributed by atoms with Gasteiger partial charge in [-0.3, -0.25) is 9.59 Å². The third-order valence-electron chi connectivity index (χ3n) is 5.28. The molecule has 0 aliphatic carbocycles. The third kappa shape index (κ3) is 3.59. The van der Waals surface area contributed by atoms with Gasteiger partial charge in [-0.05, 0) is 55.3 Å². The Kier molecular flexibility index (Phi) is 5.35.